The third-order valence-electron chi connectivity index (χ3n) is 10.9. The fraction of sp³-hybridized carbons (Fsp3) is 0.425. The Morgan fingerprint density at radius 1 is 1.04 bits per heavy atom. The molecule has 0 aliphatic carbocycles. The number of ether oxygens (including phenoxy) is 1. The molecule has 2 saturated heterocycles. The molecule has 13 nitrogen and oxygen atoms in total. The molecule has 0 saturated carbocycles. The lowest BCUT2D eigenvalue weighted by Gasteiger charge is -2.35. The number of nitrogens with zero attached hydrogens (tertiary/aromatic N) is 5. The molecule has 3 aliphatic rings. The van der Waals surface area contributed by atoms with Crippen LogP contribution in [0.3, 0.4) is 0 Å². The summed E-state index contributed by atoms with van der Waals surface area (Å²) in [6.45, 7) is 4.53. The summed E-state index contributed by atoms with van der Waals surface area (Å²) in [4.78, 5) is 52.0. The van der Waals surface area contributed by atoms with Gasteiger partial charge in [0.25, 0.3) is 5.91 Å². The molecule has 5 heterocycles. The molecule has 2 aromatic carbocycles. The van der Waals surface area contributed by atoms with Crippen molar-refractivity contribution in [3.8, 4) is 28.1 Å². The van der Waals surface area contributed by atoms with Crippen molar-refractivity contribution in [3.05, 3.63) is 81.5 Å². The number of likely N-dealkylation sites (tertiary alicyclic amines) is 1. The lowest BCUT2D eigenvalue weighted by molar-refractivity contribution is -0.138. The molecule has 2 aromatic heterocycles. The van der Waals surface area contributed by atoms with E-state index in [-0.39, 0.29) is 36.2 Å². The van der Waals surface area contributed by atoms with Crippen molar-refractivity contribution < 1.29 is 24.2 Å². The molecule has 4 N–H and O–H groups in total. The van der Waals surface area contributed by atoms with Crippen LogP contribution in [0, 0.1) is 5.92 Å². The van der Waals surface area contributed by atoms with Crippen LogP contribution in [0.15, 0.2) is 48.7 Å². The number of nitrogens with one attached hydrogen (secondary N) is 3. The molecular weight excluding hydrogens is 743 g/mol. The summed E-state index contributed by atoms with van der Waals surface area (Å²) in [5, 5.41) is 19.3. The monoisotopic (exact) mass is 788 g/mol. The summed E-state index contributed by atoms with van der Waals surface area (Å²) in [6, 6.07) is 13.1. The normalized spacial score (nSPS) is 17.6. The molecule has 0 spiro atoms. The van der Waals surface area contributed by atoms with Crippen molar-refractivity contribution in [2.24, 2.45) is 13.0 Å². The van der Waals surface area contributed by atoms with Crippen molar-refractivity contribution in [1.82, 2.24) is 35.0 Å². The van der Waals surface area contributed by atoms with Crippen molar-refractivity contribution in [1.29, 1.82) is 0 Å². The second-order valence-electron chi connectivity index (χ2n) is 14.3. The summed E-state index contributed by atoms with van der Waals surface area (Å²) < 4.78 is 7.52. The number of amides is 3. The van der Waals surface area contributed by atoms with Gasteiger partial charge in [0.1, 0.15) is 5.75 Å². The highest BCUT2D eigenvalue weighted by Crippen LogP contribution is 2.41. The number of benzene rings is 2. The Hall–Kier alpha value is -4.53. The van der Waals surface area contributed by atoms with E-state index in [1.165, 1.54) is 0 Å². The molecule has 0 bridgehead atoms. The molecule has 1 atom stereocenters. The molecule has 7 rings (SSSR count). The van der Waals surface area contributed by atoms with Crippen LogP contribution < -0.4 is 20.7 Å². The van der Waals surface area contributed by atoms with Gasteiger partial charge in [-0.25, -0.2) is 4.98 Å². The number of rotatable bonds is 12. The first-order valence-corrected chi connectivity index (χ1v) is 19.5. The highest BCUT2D eigenvalue weighted by atomic mass is 35.5. The van der Waals surface area contributed by atoms with Crippen LogP contribution in [0.1, 0.15) is 53.3 Å². The number of imidazole rings is 1. The number of hydrogen-bond donors (Lipinski definition) is 4. The largest absolute Gasteiger partial charge is 0.496 e. The van der Waals surface area contributed by atoms with Crippen LogP contribution in [0.5, 0.6) is 5.75 Å². The molecule has 3 amide bonds. The average Bonchev–Trinajstić information content (AvgIpc) is 3.77. The zero-order chi connectivity index (χ0) is 38.6. The first-order valence-electron chi connectivity index (χ1n) is 18.7. The van der Waals surface area contributed by atoms with Crippen LogP contribution in [-0.4, -0.2) is 99.6 Å². The zero-order valence-electron chi connectivity index (χ0n) is 31.0. The number of carbonyl (C=O) groups excluding carboxylic acids is 3. The maximum atomic E-state index is 13.7. The number of halogens is 2. The van der Waals surface area contributed by atoms with E-state index in [1.54, 1.807) is 36.1 Å². The van der Waals surface area contributed by atoms with E-state index in [4.69, 9.17) is 32.9 Å². The van der Waals surface area contributed by atoms with Gasteiger partial charge in [0.2, 0.25) is 11.8 Å². The third-order valence-corrected chi connectivity index (χ3v) is 11.7. The van der Waals surface area contributed by atoms with Gasteiger partial charge in [-0.2, -0.15) is 0 Å². The van der Waals surface area contributed by atoms with E-state index in [2.05, 4.69) is 25.8 Å². The zero-order valence-corrected chi connectivity index (χ0v) is 32.5. The van der Waals surface area contributed by atoms with Gasteiger partial charge in [-0.1, -0.05) is 47.5 Å². The van der Waals surface area contributed by atoms with Gasteiger partial charge in [0, 0.05) is 92.2 Å². The van der Waals surface area contributed by atoms with Crippen LogP contribution in [0.2, 0.25) is 10.0 Å². The quantitative estimate of drug-likeness (QED) is 0.160. The van der Waals surface area contributed by atoms with Gasteiger partial charge in [0.15, 0.2) is 5.82 Å². The highest BCUT2D eigenvalue weighted by molar-refractivity contribution is 6.39. The summed E-state index contributed by atoms with van der Waals surface area (Å²) in [7, 11) is 3.44. The Labute approximate surface area is 330 Å². The van der Waals surface area contributed by atoms with Crippen molar-refractivity contribution in [2.45, 2.75) is 51.2 Å². The Morgan fingerprint density at radius 2 is 1.84 bits per heavy atom. The SMILES string of the molecule is COc1cc(-c2nccc(-c3cccc(NC(=O)c4nc5c(n4C)CCN(C(=O)C4CCN(CCO)CC4)C5)c3Cl)c2Cl)ccc1CNC[C@@H]1CCC(=O)N1. The maximum absolute atomic E-state index is 13.7. The second kappa shape index (κ2) is 17.1. The summed E-state index contributed by atoms with van der Waals surface area (Å²) >= 11 is 14.0. The number of aliphatic hydroxyl groups excluding tert-OH is 1. The Morgan fingerprint density at radius 3 is 2.58 bits per heavy atom. The van der Waals surface area contributed by atoms with Gasteiger partial charge in [-0.05, 0) is 50.6 Å². The van der Waals surface area contributed by atoms with E-state index in [0.717, 1.165) is 54.9 Å². The van der Waals surface area contributed by atoms with Gasteiger partial charge in [-0.3, -0.25) is 19.4 Å². The van der Waals surface area contributed by atoms with E-state index in [9.17, 15) is 19.5 Å². The van der Waals surface area contributed by atoms with Crippen LogP contribution in [0.25, 0.3) is 22.4 Å². The molecule has 15 heteroatoms. The fourth-order valence-electron chi connectivity index (χ4n) is 7.84. The maximum Gasteiger partial charge on any atom is 0.291 e. The first-order chi connectivity index (χ1) is 26.6. The number of pyridine rings is 1. The Kier molecular flexibility index (Phi) is 12.0. The van der Waals surface area contributed by atoms with Crippen molar-refractivity contribution in [2.75, 3.05) is 51.8 Å². The van der Waals surface area contributed by atoms with Crippen LogP contribution >= 0.6 is 23.2 Å². The molecule has 4 aromatic rings. The molecule has 0 radical (unpaired) electrons. The topological polar surface area (TPSA) is 154 Å². The number of carbonyl (C=O) groups is 3. The molecule has 3 aliphatic heterocycles. The third kappa shape index (κ3) is 8.36. The van der Waals surface area contributed by atoms with Crippen molar-refractivity contribution >= 4 is 46.6 Å². The number of aromatic nitrogens is 3. The first kappa shape index (κ1) is 38.7. The molecule has 2 fully saturated rings. The number of β-amino-alcohol motifs (C(OH)–C–C–N with tert-alkyl or cyclic N) is 1. The minimum atomic E-state index is -0.415. The standard InChI is InChI=1S/C40H46Cl2N8O5/c1-48-32-13-17-50(40(54)24-11-15-49(16-12-24)18-19-51)23-31(32)46-38(48)39(53)47-30-5-3-4-28(35(30)41)29-10-14-44-37(36(29)42)25-6-7-26(33(20-25)55-2)21-43-22-27-8-9-34(52)45-27/h3-7,10,14,20,24,27,43,51H,8-9,11-13,15-19,21-23H2,1-2H3,(H,45,52)(H,47,53)/t27-/m0/s1. The molecule has 0 unspecified atom stereocenters. The van der Waals surface area contributed by atoms with Gasteiger partial charge in [-0.15, -0.1) is 0 Å². The molecular formula is C40H46Cl2N8O5. The average molecular weight is 790 g/mol. The number of aliphatic hydroxyl groups is 1. The number of anilines is 1. The number of piperidine rings is 1. The van der Waals surface area contributed by atoms with Gasteiger partial charge >= 0.3 is 0 Å². The summed E-state index contributed by atoms with van der Waals surface area (Å²) in [6.07, 6.45) is 5.20. The van der Waals surface area contributed by atoms with Crippen LogP contribution in [-0.2, 0) is 36.1 Å². The summed E-state index contributed by atoms with van der Waals surface area (Å²) in [5.74, 6) is 0.674. The fourth-order valence-corrected chi connectivity index (χ4v) is 8.44. The minimum Gasteiger partial charge on any atom is -0.496 e. The van der Waals surface area contributed by atoms with E-state index >= 15 is 0 Å². The minimum absolute atomic E-state index is 0.0437. The molecule has 55 heavy (non-hydrogen) atoms. The van der Waals surface area contributed by atoms with E-state index in [1.807, 2.05) is 36.2 Å². The summed E-state index contributed by atoms with van der Waals surface area (Å²) in [5.41, 5.74) is 5.60. The highest BCUT2D eigenvalue weighted by Gasteiger charge is 2.33. The van der Waals surface area contributed by atoms with Crippen molar-refractivity contribution in [3.63, 3.8) is 0 Å². The van der Waals surface area contributed by atoms with Gasteiger partial charge < -0.3 is 40.2 Å². The van der Waals surface area contributed by atoms with Crippen LogP contribution in [0.4, 0.5) is 5.69 Å². The number of fused-ring (bicyclic) bond motifs is 1. The lowest BCUT2D eigenvalue weighted by Crippen LogP contribution is -2.44. The predicted octanol–water partition coefficient (Wildman–Crippen LogP) is 4.67. The second-order valence-corrected chi connectivity index (χ2v) is 15.1. The number of methoxy groups -OCH3 is 1. The van der Waals surface area contributed by atoms with E-state index < -0.39 is 5.91 Å². The predicted molar refractivity (Wildman–Crippen MR) is 211 cm³/mol. The Balaban J connectivity index is 1.04. The lowest BCUT2D eigenvalue weighted by atomic mass is 9.94. The van der Waals surface area contributed by atoms with Gasteiger partial charge in [0.05, 0.1) is 47.4 Å². The molecule has 290 valence electrons. The Bertz CT molecular complexity index is 2080. The smallest absolute Gasteiger partial charge is 0.291 e. The van der Waals surface area contributed by atoms with E-state index in [0.29, 0.717) is 83.9 Å². The number of hydrogen-bond acceptors (Lipinski definition) is 9.